The summed E-state index contributed by atoms with van der Waals surface area (Å²) in [6.07, 6.45) is 0.813. The Morgan fingerprint density at radius 2 is 2.13 bits per heavy atom. The van der Waals surface area contributed by atoms with E-state index >= 15 is 0 Å². The van der Waals surface area contributed by atoms with Gasteiger partial charge in [-0.25, -0.2) is 0 Å². The number of esters is 1. The molecule has 0 N–H and O–H groups in total. The highest BCUT2D eigenvalue weighted by atomic mass is 16.5. The van der Waals surface area contributed by atoms with Gasteiger partial charge in [0.15, 0.2) is 0 Å². The van der Waals surface area contributed by atoms with Crippen molar-refractivity contribution in [2.75, 3.05) is 6.54 Å². The highest BCUT2D eigenvalue weighted by molar-refractivity contribution is 5.69. The van der Waals surface area contributed by atoms with Gasteiger partial charge in [-0.3, -0.25) is 4.79 Å². The van der Waals surface area contributed by atoms with Gasteiger partial charge >= 0.3 is 5.97 Å². The van der Waals surface area contributed by atoms with Crippen molar-refractivity contribution in [3.63, 3.8) is 0 Å². The maximum atomic E-state index is 11.3. The topological polar surface area (TPSA) is 75.1 Å². The first kappa shape index (κ1) is 13.8. The van der Waals surface area contributed by atoms with Gasteiger partial charge in [-0.1, -0.05) is 32.8 Å². The van der Waals surface area contributed by atoms with Crippen molar-refractivity contribution in [1.29, 1.82) is 0 Å². The van der Waals surface area contributed by atoms with Crippen LogP contribution in [-0.4, -0.2) is 18.6 Å². The third kappa shape index (κ3) is 5.96. The van der Waals surface area contributed by atoms with Crippen molar-refractivity contribution in [3.8, 4) is 0 Å². The maximum Gasteiger partial charge on any atom is 0.306 e. The first-order chi connectivity index (χ1) is 6.91. The van der Waals surface area contributed by atoms with Gasteiger partial charge in [0, 0.05) is 11.3 Å². The molecule has 0 aliphatic heterocycles. The van der Waals surface area contributed by atoms with Crippen molar-refractivity contribution in [2.24, 2.45) is 10.5 Å². The van der Waals surface area contributed by atoms with E-state index in [2.05, 4.69) is 10.0 Å². The van der Waals surface area contributed by atoms with E-state index in [9.17, 15) is 4.79 Å². The molecular weight excluding hydrogens is 194 g/mol. The minimum Gasteiger partial charge on any atom is -0.462 e. The van der Waals surface area contributed by atoms with Crippen LogP contribution in [0.4, 0.5) is 0 Å². The molecule has 0 aromatic heterocycles. The average molecular weight is 213 g/mol. The van der Waals surface area contributed by atoms with Gasteiger partial charge in [-0.2, -0.15) is 0 Å². The van der Waals surface area contributed by atoms with Gasteiger partial charge in [-0.15, -0.1) is 0 Å². The standard InChI is InChI=1S/C10H19N3O2/c1-5-6-9(14)15-8(7-12-13-11)10(2,3)4/h8H,5-7H2,1-4H3. The smallest absolute Gasteiger partial charge is 0.306 e. The first-order valence-electron chi connectivity index (χ1n) is 5.12. The SMILES string of the molecule is CCCC(=O)OC(CN=[N+]=[N-])C(C)(C)C. The van der Waals surface area contributed by atoms with Crippen LogP contribution in [0.1, 0.15) is 40.5 Å². The number of carbonyl (C=O) groups excluding carboxylic acids is 1. The van der Waals surface area contributed by atoms with Crippen molar-refractivity contribution in [1.82, 2.24) is 0 Å². The van der Waals surface area contributed by atoms with E-state index in [1.807, 2.05) is 27.7 Å². The van der Waals surface area contributed by atoms with Crippen LogP contribution < -0.4 is 0 Å². The molecule has 0 spiro atoms. The molecule has 0 fully saturated rings. The molecule has 5 heteroatoms. The number of azide groups is 1. The Morgan fingerprint density at radius 3 is 2.53 bits per heavy atom. The second kappa shape index (κ2) is 6.30. The summed E-state index contributed by atoms with van der Waals surface area (Å²) in [5.41, 5.74) is 8.03. The second-order valence-electron chi connectivity index (χ2n) is 4.51. The number of hydrogen-bond donors (Lipinski definition) is 0. The number of rotatable bonds is 5. The van der Waals surface area contributed by atoms with Gasteiger partial charge in [-0.05, 0) is 17.4 Å². The third-order valence-corrected chi connectivity index (χ3v) is 2.00. The van der Waals surface area contributed by atoms with Crippen LogP contribution in [0, 0.1) is 5.41 Å². The molecule has 0 heterocycles. The average Bonchev–Trinajstić information content (AvgIpc) is 2.10. The number of hydrogen-bond acceptors (Lipinski definition) is 3. The molecule has 0 aliphatic rings. The highest BCUT2D eigenvalue weighted by Gasteiger charge is 2.27. The van der Waals surface area contributed by atoms with Crippen LogP contribution in [0.3, 0.4) is 0 Å². The summed E-state index contributed by atoms with van der Waals surface area (Å²) < 4.78 is 5.25. The van der Waals surface area contributed by atoms with E-state index in [0.29, 0.717) is 6.42 Å². The molecule has 1 unspecified atom stereocenters. The Hall–Kier alpha value is -1.22. The van der Waals surface area contributed by atoms with Gasteiger partial charge < -0.3 is 4.74 Å². The normalized spacial score (nSPS) is 12.8. The van der Waals surface area contributed by atoms with Crippen LogP contribution in [-0.2, 0) is 9.53 Å². The Kier molecular flexibility index (Phi) is 5.79. The van der Waals surface area contributed by atoms with Gasteiger partial charge in [0.1, 0.15) is 6.10 Å². The second-order valence-corrected chi connectivity index (χ2v) is 4.51. The molecule has 5 nitrogen and oxygen atoms in total. The predicted octanol–water partition coefficient (Wildman–Crippen LogP) is 3.05. The summed E-state index contributed by atoms with van der Waals surface area (Å²) in [6.45, 7) is 7.95. The number of ether oxygens (including phenoxy) is 1. The molecule has 0 aromatic rings. The fourth-order valence-electron chi connectivity index (χ4n) is 1.02. The lowest BCUT2D eigenvalue weighted by molar-refractivity contribution is -0.153. The van der Waals surface area contributed by atoms with Crippen molar-refractivity contribution in [3.05, 3.63) is 10.4 Å². The predicted molar refractivity (Wildman–Crippen MR) is 58.3 cm³/mol. The molecule has 0 aliphatic carbocycles. The molecule has 0 saturated carbocycles. The zero-order valence-electron chi connectivity index (χ0n) is 9.86. The van der Waals surface area contributed by atoms with Crippen LogP contribution >= 0.6 is 0 Å². The molecule has 0 rings (SSSR count). The van der Waals surface area contributed by atoms with E-state index in [4.69, 9.17) is 10.3 Å². The van der Waals surface area contributed by atoms with Crippen LogP contribution in [0.25, 0.3) is 10.4 Å². The lowest BCUT2D eigenvalue weighted by atomic mass is 9.89. The molecule has 1 atom stereocenters. The Morgan fingerprint density at radius 1 is 1.53 bits per heavy atom. The van der Waals surface area contributed by atoms with E-state index in [-0.39, 0.29) is 24.0 Å². The summed E-state index contributed by atoms with van der Waals surface area (Å²) >= 11 is 0. The first-order valence-corrected chi connectivity index (χ1v) is 5.12. The minimum absolute atomic E-state index is 0.190. The Labute approximate surface area is 90.4 Å². The quantitative estimate of drug-likeness (QED) is 0.304. The molecule has 15 heavy (non-hydrogen) atoms. The zero-order chi connectivity index (χ0) is 11.9. The maximum absolute atomic E-state index is 11.3. The highest BCUT2D eigenvalue weighted by Crippen LogP contribution is 2.23. The minimum atomic E-state index is -0.354. The molecule has 0 radical (unpaired) electrons. The fraction of sp³-hybridized carbons (Fsp3) is 0.900. The molecule has 0 aromatic carbocycles. The Balaban J connectivity index is 4.37. The largest absolute Gasteiger partial charge is 0.462 e. The summed E-state index contributed by atoms with van der Waals surface area (Å²) in [6, 6.07) is 0. The van der Waals surface area contributed by atoms with E-state index in [0.717, 1.165) is 6.42 Å². The molecule has 86 valence electrons. The summed E-state index contributed by atoms with van der Waals surface area (Å²) in [7, 11) is 0. The summed E-state index contributed by atoms with van der Waals surface area (Å²) in [5.74, 6) is -0.231. The van der Waals surface area contributed by atoms with Crippen molar-refractivity contribution < 1.29 is 9.53 Å². The van der Waals surface area contributed by atoms with Gasteiger partial charge in [0.05, 0.1) is 6.54 Å². The van der Waals surface area contributed by atoms with Crippen molar-refractivity contribution >= 4 is 5.97 Å². The van der Waals surface area contributed by atoms with E-state index in [1.54, 1.807) is 0 Å². The van der Waals surface area contributed by atoms with E-state index in [1.165, 1.54) is 0 Å². The van der Waals surface area contributed by atoms with E-state index < -0.39 is 0 Å². The molecular formula is C10H19N3O2. The number of carbonyl (C=O) groups is 1. The molecule has 0 saturated heterocycles. The van der Waals surface area contributed by atoms with Crippen LogP contribution in [0.2, 0.25) is 0 Å². The van der Waals surface area contributed by atoms with Crippen LogP contribution in [0.15, 0.2) is 5.11 Å². The molecule has 0 bridgehead atoms. The fourth-order valence-corrected chi connectivity index (χ4v) is 1.02. The lowest BCUT2D eigenvalue weighted by Crippen LogP contribution is -2.34. The summed E-state index contributed by atoms with van der Waals surface area (Å²) in [5, 5.41) is 3.46. The van der Waals surface area contributed by atoms with Gasteiger partial charge in [0.25, 0.3) is 0 Å². The Bertz CT molecular complexity index is 252. The zero-order valence-corrected chi connectivity index (χ0v) is 9.86. The van der Waals surface area contributed by atoms with Gasteiger partial charge in [0.2, 0.25) is 0 Å². The summed E-state index contributed by atoms with van der Waals surface area (Å²) in [4.78, 5) is 14.0. The molecule has 0 amide bonds. The van der Waals surface area contributed by atoms with Crippen molar-refractivity contribution in [2.45, 2.75) is 46.6 Å². The monoisotopic (exact) mass is 213 g/mol. The van der Waals surface area contributed by atoms with Crippen LogP contribution in [0.5, 0.6) is 0 Å². The lowest BCUT2D eigenvalue weighted by Gasteiger charge is -2.29. The third-order valence-electron chi connectivity index (χ3n) is 2.00. The number of nitrogens with zero attached hydrogens (tertiary/aromatic N) is 3.